The standard InChI is InChI=1S/C9H11N3/c1-7(10)8-3-2-5-12-6-4-11-9(8)12/h2-7H,10H2,1H3. The van der Waals surface area contributed by atoms with Crippen LogP contribution in [0.1, 0.15) is 18.5 Å². The van der Waals surface area contributed by atoms with Crippen LogP contribution in [0.25, 0.3) is 5.65 Å². The van der Waals surface area contributed by atoms with E-state index in [4.69, 9.17) is 5.73 Å². The maximum Gasteiger partial charge on any atom is 0.141 e. The van der Waals surface area contributed by atoms with Gasteiger partial charge in [0.05, 0.1) is 0 Å². The monoisotopic (exact) mass is 161 g/mol. The van der Waals surface area contributed by atoms with Gasteiger partial charge in [-0.2, -0.15) is 0 Å². The molecular formula is C9H11N3. The highest BCUT2D eigenvalue weighted by Gasteiger charge is 2.04. The lowest BCUT2D eigenvalue weighted by molar-refractivity contribution is 0.816. The van der Waals surface area contributed by atoms with Crippen LogP contribution in [-0.4, -0.2) is 9.38 Å². The fraction of sp³-hybridized carbons (Fsp3) is 0.222. The van der Waals surface area contributed by atoms with E-state index in [2.05, 4.69) is 4.98 Å². The van der Waals surface area contributed by atoms with E-state index in [1.807, 2.05) is 35.9 Å². The zero-order valence-corrected chi connectivity index (χ0v) is 6.94. The van der Waals surface area contributed by atoms with Gasteiger partial charge >= 0.3 is 0 Å². The second-order valence-corrected chi connectivity index (χ2v) is 2.91. The summed E-state index contributed by atoms with van der Waals surface area (Å²) in [6.07, 6.45) is 5.66. The van der Waals surface area contributed by atoms with Gasteiger partial charge in [-0.1, -0.05) is 6.07 Å². The Labute approximate surface area is 70.8 Å². The maximum atomic E-state index is 5.79. The molecule has 2 aromatic rings. The molecule has 62 valence electrons. The molecule has 0 aliphatic carbocycles. The molecule has 0 aliphatic heterocycles. The number of imidazole rings is 1. The van der Waals surface area contributed by atoms with Crippen molar-refractivity contribution in [2.75, 3.05) is 0 Å². The van der Waals surface area contributed by atoms with Gasteiger partial charge in [0.1, 0.15) is 5.65 Å². The first-order chi connectivity index (χ1) is 5.79. The SMILES string of the molecule is CC(N)c1cccn2ccnc12. The normalized spacial score (nSPS) is 13.5. The first kappa shape index (κ1) is 7.31. The van der Waals surface area contributed by atoms with Gasteiger partial charge in [0.2, 0.25) is 0 Å². The molecule has 0 radical (unpaired) electrons. The van der Waals surface area contributed by atoms with Crippen LogP contribution in [0.4, 0.5) is 0 Å². The molecular weight excluding hydrogens is 150 g/mol. The predicted octanol–water partition coefficient (Wildman–Crippen LogP) is 1.35. The van der Waals surface area contributed by atoms with Crippen molar-refractivity contribution in [1.29, 1.82) is 0 Å². The third-order valence-corrected chi connectivity index (χ3v) is 1.94. The summed E-state index contributed by atoms with van der Waals surface area (Å²) in [5.41, 5.74) is 7.82. The number of rotatable bonds is 1. The molecule has 1 unspecified atom stereocenters. The molecule has 2 N–H and O–H groups in total. The quantitative estimate of drug-likeness (QED) is 0.686. The van der Waals surface area contributed by atoms with E-state index in [0.29, 0.717) is 0 Å². The van der Waals surface area contributed by atoms with Gasteiger partial charge in [-0.15, -0.1) is 0 Å². The lowest BCUT2D eigenvalue weighted by atomic mass is 10.1. The third-order valence-electron chi connectivity index (χ3n) is 1.94. The molecule has 0 bridgehead atoms. The van der Waals surface area contributed by atoms with Crippen LogP contribution in [-0.2, 0) is 0 Å². The number of nitrogens with zero attached hydrogens (tertiary/aromatic N) is 2. The molecule has 0 aliphatic rings. The van der Waals surface area contributed by atoms with Crippen molar-refractivity contribution in [2.24, 2.45) is 5.73 Å². The largest absolute Gasteiger partial charge is 0.324 e. The van der Waals surface area contributed by atoms with Crippen LogP contribution in [0.15, 0.2) is 30.7 Å². The summed E-state index contributed by atoms with van der Waals surface area (Å²) in [6.45, 7) is 1.96. The molecule has 0 saturated heterocycles. The summed E-state index contributed by atoms with van der Waals surface area (Å²) in [4.78, 5) is 4.22. The Hall–Kier alpha value is -1.35. The van der Waals surface area contributed by atoms with E-state index in [-0.39, 0.29) is 6.04 Å². The highest BCUT2D eigenvalue weighted by molar-refractivity contribution is 5.48. The van der Waals surface area contributed by atoms with Crippen LogP contribution in [0.3, 0.4) is 0 Å². The Kier molecular flexibility index (Phi) is 1.59. The highest BCUT2D eigenvalue weighted by Crippen LogP contribution is 2.14. The average molecular weight is 161 g/mol. The summed E-state index contributed by atoms with van der Waals surface area (Å²) in [5, 5.41) is 0. The van der Waals surface area contributed by atoms with Gasteiger partial charge in [0.25, 0.3) is 0 Å². The Balaban J connectivity index is 2.73. The molecule has 12 heavy (non-hydrogen) atoms. The summed E-state index contributed by atoms with van der Waals surface area (Å²) in [6, 6.07) is 4.02. The number of hydrogen-bond acceptors (Lipinski definition) is 2. The molecule has 0 amide bonds. The Bertz CT molecular complexity index is 389. The van der Waals surface area contributed by atoms with Crippen LogP contribution >= 0.6 is 0 Å². The summed E-state index contributed by atoms with van der Waals surface area (Å²) >= 11 is 0. The van der Waals surface area contributed by atoms with E-state index in [1.165, 1.54) is 0 Å². The number of fused-ring (bicyclic) bond motifs is 1. The lowest BCUT2D eigenvalue weighted by Crippen LogP contribution is -2.06. The van der Waals surface area contributed by atoms with E-state index < -0.39 is 0 Å². The smallest absolute Gasteiger partial charge is 0.141 e. The highest BCUT2D eigenvalue weighted by atomic mass is 15.0. The van der Waals surface area contributed by atoms with E-state index in [1.54, 1.807) is 6.20 Å². The topological polar surface area (TPSA) is 43.3 Å². The van der Waals surface area contributed by atoms with Gasteiger partial charge in [0, 0.05) is 30.2 Å². The minimum atomic E-state index is 0.0381. The molecule has 0 fully saturated rings. The Morgan fingerprint density at radius 3 is 3.08 bits per heavy atom. The first-order valence-corrected chi connectivity index (χ1v) is 3.96. The van der Waals surface area contributed by atoms with Crippen LogP contribution < -0.4 is 5.73 Å². The van der Waals surface area contributed by atoms with Crippen LogP contribution in [0.2, 0.25) is 0 Å². The minimum Gasteiger partial charge on any atom is -0.324 e. The van der Waals surface area contributed by atoms with Crippen molar-refractivity contribution in [1.82, 2.24) is 9.38 Å². The average Bonchev–Trinajstić information content (AvgIpc) is 2.49. The van der Waals surface area contributed by atoms with Crippen molar-refractivity contribution < 1.29 is 0 Å². The van der Waals surface area contributed by atoms with Crippen molar-refractivity contribution in [3.05, 3.63) is 36.3 Å². The van der Waals surface area contributed by atoms with Crippen LogP contribution in [0, 0.1) is 0 Å². The Morgan fingerprint density at radius 2 is 2.33 bits per heavy atom. The molecule has 3 heteroatoms. The number of hydrogen-bond donors (Lipinski definition) is 1. The number of nitrogens with two attached hydrogens (primary N) is 1. The molecule has 3 nitrogen and oxygen atoms in total. The summed E-state index contributed by atoms with van der Waals surface area (Å²) in [5.74, 6) is 0. The second-order valence-electron chi connectivity index (χ2n) is 2.91. The molecule has 2 heterocycles. The van der Waals surface area contributed by atoms with Gasteiger partial charge in [-0.05, 0) is 13.0 Å². The van der Waals surface area contributed by atoms with E-state index in [9.17, 15) is 0 Å². The molecule has 2 aromatic heterocycles. The number of aromatic nitrogens is 2. The maximum absolute atomic E-state index is 5.79. The third kappa shape index (κ3) is 0.987. The number of pyridine rings is 1. The zero-order chi connectivity index (χ0) is 8.55. The van der Waals surface area contributed by atoms with Crippen molar-refractivity contribution in [2.45, 2.75) is 13.0 Å². The van der Waals surface area contributed by atoms with Gasteiger partial charge in [-0.3, -0.25) is 0 Å². The van der Waals surface area contributed by atoms with Gasteiger partial charge in [-0.25, -0.2) is 4.98 Å². The fourth-order valence-corrected chi connectivity index (χ4v) is 1.33. The minimum absolute atomic E-state index is 0.0381. The molecule has 1 atom stereocenters. The summed E-state index contributed by atoms with van der Waals surface area (Å²) in [7, 11) is 0. The molecule has 0 saturated carbocycles. The lowest BCUT2D eigenvalue weighted by Gasteiger charge is -2.05. The summed E-state index contributed by atoms with van der Waals surface area (Å²) < 4.78 is 1.97. The Morgan fingerprint density at radius 1 is 1.50 bits per heavy atom. The molecule has 2 rings (SSSR count). The van der Waals surface area contributed by atoms with Gasteiger partial charge < -0.3 is 10.1 Å². The first-order valence-electron chi connectivity index (χ1n) is 3.96. The van der Waals surface area contributed by atoms with E-state index in [0.717, 1.165) is 11.2 Å². The molecule has 0 spiro atoms. The zero-order valence-electron chi connectivity index (χ0n) is 6.94. The van der Waals surface area contributed by atoms with Crippen LogP contribution in [0.5, 0.6) is 0 Å². The van der Waals surface area contributed by atoms with Gasteiger partial charge in [0.15, 0.2) is 0 Å². The van der Waals surface area contributed by atoms with Crippen molar-refractivity contribution in [3.63, 3.8) is 0 Å². The predicted molar refractivity (Wildman–Crippen MR) is 47.8 cm³/mol. The second kappa shape index (κ2) is 2.60. The fourth-order valence-electron chi connectivity index (χ4n) is 1.33. The van der Waals surface area contributed by atoms with E-state index >= 15 is 0 Å². The molecule has 0 aromatic carbocycles. The van der Waals surface area contributed by atoms with Crippen molar-refractivity contribution in [3.8, 4) is 0 Å². The van der Waals surface area contributed by atoms with Crippen molar-refractivity contribution >= 4 is 5.65 Å².